The quantitative estimate of drug-likeness (QED) is 0.244. The highest BCUT2D eigenvalue weighted by atomic mass is 16.5. The summed E-state index contributed by atoms with van der Waals surface area (Å²) in [5.41, 5.74) is 3.06. The van der Waals surface area contributed by atoms with Crippen molar-refractivity contribution in [3.8, 4) is 23.0 Å². The minimum Gasteiger partial charge on any atom is -0.394 e. The van der Waals surface area contributed by atoms with Gasteiger partial charge in [0.15, 0.2) is 0 Å². The number of hydrogen-bond donors (Lipinski definition) is 4. The van der Waals surface area contributed by atoms with Crippen LogP contribution < -0.4 is 16.0 Å². The molecule has 38 heavy (non-hydrogen) atoms. The molecular formula is C26H21N9O3. The number of carbonyl (C=O) groups is 1. The molecule has 12 heteroatoms. The van der Waals surface area contributed by atoms with Gasteiger partial charge in [0.05, 0.1) is 30.5 Å². The Morgan fingerprint density at radius 1 is 0.974 bits per heavy atom. The van der Waals surface area contributed by atoms with Gasteiger partial charge in [0, 0.05) is 12.4 Å². The Morgan fingerprint density at radius 2 is 1.84 bits per heavy atom. The molecule has 4 N–H and O–H groups in total. The Kier molecular flexibility index (Phi) is 6.12. The van der Waals surface area contributed by atoms with Crippen LogP contribution in [0.5, 0.6) is 0 Å². The smallest absolute Gasteiger partial charge is 0.263 e. The number of pyridine rings is 2. The van der Waals surface area contributed by atoms with Gasteiger partial charge in [0.25, 0.3) is 11.8 Å². The summed E-state index contributed by atoms with van der Waals surface area (Å²) in [5.74, 6) is 1.45. The molecule has 0 radical (unpaired) electrons. The van der Waals surface area contributed by atoms with Crippen molar-refractivity contribution < 1.29 is 14.4 Å². The summed E-state index contributed by atoms with van der Waals surface area (Å²) < 4.78 is 5.53. The summed E-state index contributed by atoms with van der Waals surface area (Å²) in [4.78, 5) is 34.1. The van der Waals surface area contributed by atoms with Gasteiger partial charge in [-0.15, -0.1) is 0 Å². The van der Waals surface area contributed by atoms with Crippen LogP contribution >= 0.6 is 0 Å². The predicted molar refractivity (Wildman–Crippen MR) is 137 cm³/mol. The molecule has 5 aromatic rings. The molecule has 0 bridgehead atoms. The lowest BCUT2D eigenvalue weighted by Crippen LogP contribution is -2.17. The average molecular weight is 508 g/mol. The molecule has 0 spiro atoms. The van der Waals surface area contributed by atoms with Crippen molar-refractivity contribution in [3.63, 3.8) is 0 Å². The van der Waals surface area contributed by atoms with Crippen LogP contribution in [0.3, 0.4) is 0 Å². The van der Waals surface area contributed by atoms with E-state index in [1.807, 2.05) is 36.4 Å². The van der Waals surface area contributed by atoms with Crippen molar-refractivity contribution in [2.45, 2.75) is 12.6 Å². The highest BCUT2D eigenvalue weighted by Gasteiger charge is 2.22. The second-order valence-corrected chi connectivity index (χ2v) is 8.38. The second-order valence-electron chi connectivity index (χ2n) is 8.38. The van der Waals surface area contributed by atoms with Crippen LogP contribution in [-0.2, 0) is 6.54 Å². The molecule has 1 amide bonds. The monoisotopic (exact) mass is 507 g/mol. The summed E-state index contributed by atoms with van der Waals surface area (Å²) in [7, 11) is 0. The molecule has 0 fully saturated rings. The minimum atomic E-state index is -0.467. The third kappa shape index (κ3) is 4.63. The molecule has 1 aliphatic rings. The normalized spacial score (nSPS) is 13.0. The molecule has 0 aliphatic carbocycles. The Labute approximate surface area is 216 Å². The number of hydrogen-bond acceptors (Lipinski definition) is 11. The molecule has 188 valence electrons. The van der Waals surface area contributed by atoms with Crippen molar-refractivity contribution in [1.29, 1.82) is 0 Å². The topological polar surface area (TPSA) is 164 Å². The summed E-state index contributed by atoms with van der Waals surface area (Å²) in [6.45, 7) is 0.175. The number of aliphatic hydroxyl groups excluding tert-OH is 1. The summed E-state index contributed by atoms with van der Waals surface area (Å²) >= 11 is 0. The molecule has 1 atom stereocenters. The first-order valence-corrected chi connectivity index (χ1v) is 11.8. The van der Waals surface area contributed by atoms with Crippen LogP contribution in [0.4, 0.5) is 17.6 Å². The zero-order valence-corrected chi connectivity index (χ0v) is 19.9. The Balaban J connectivity index is 1.35. The van der Waals surface area contributed by atoms with E-state index in [9.17, 15) is 9.90 Å². The van der Waals surface area contributed by atoms with Gasteiger partial charge in [0.2, 0.25) is 11.8 Å². The largest absolute Gasteiger partial charge is 0.394 e. The molecular weight excluding hydrogens is 486 g/mol. The number of anilines is 3. The lowest BCUT2D eigenvalue weighted by Gasteiger charge is -2.19. The highest BCUT2D eigenvalue weighted by Crippen LogP contribution is 2.30. The molecule has 6 rings (SSSR count). The maximum Gasteiger partial charge on any atom is 0.263 e. The van der Waals surface area contributed by atoms with Crippen LogP contribution in [-0.4, -0.2) is 47.7 Å². The molecule has 0 saturated carbocycles. The zero-order valence-electron chi connectivity index (χ0n) is 19.9. The number of nitrogens with one attached hydrogen (secondary N) is 3. The van der Waals surface area contributed by atoms with Gasteiger partial charge >= 0.3 is 0 Å². The SMILES string of the molecule is O=C1NCc2nc(Nc3ncc(-c4nc(-c5ccccn5)no4)c(N[C@H](CO)c4ccccc4)n3)ccc21. The number of benzene rings is 1. The van der Waals surface area contributed by atoms with Crippen molar-refractivity contribution in [2.24, 2.45) is 0 Å². The van der Waals surface area contributed by atoms with Gasteiger partial charge in [-0.3, -0.25) is 9.78 Å². The number of carbonyl (C=O) groups excluding carboxylic acids is 1. The van der Waals surface area contributed by atoms with E-state index in [-0.39, 0.29) is 24.4 Å². The molecule has 1 aromatic carbocycles. The van der Waals surface area contributed by atoms with Crippen molar-refractivity contribution >= 4 is 23.5 Å². The van der Waals surface area contributed by atoms with Crippen LogP contribution in [0, 0.1) is 0 Å². The van der Waals surface area contributed by atoms with E-state index in [4.69, 9.17) is 4.52 Å². The number of aromatic nitrogens is 6. The van der Waals surface area contributed by atoms with Crippen LogP contribution in [0.25, 0.3) is 23.0 Å². The van der Waals surface area contributed by atoms with E-state index in [0.29, 0.717) is 46.5 Å². The lowest BCUT2D eigenvalue weighted by molar-refractivity contribution is 0.0965. The predicted octanol–water partition coefficient (Wildman–Crippen LogP) is 3.12. The fourth-order valence-electron chi connectivity index (χ4n) is 4.01. The third-order valence-corrected chi connectivity index (χ3v) is 5.91. The maximum absolute atomic E-state index is 11.8. The average Bonchev–Trinajstić information content (AvgIpc) is 3.60. The Hall–Kier alpha value is -5.23. The van der Waals surface area contributed by atoms with Gasteiger partial charge in [0.1, 0.15) is 22.9 Å². The lowest BCUT2D eigenvalue weighted by atomic mass is 10.1. The van der Waals surface area contributed by atoms with Gasteiger partial charge < -0.3 is 25.6 Å². The summed E-state index contributed by atoms with van der Waals surface area (Å²) in [6, 6.07) is 17.8. The van der Waals surface area contributed by atoms with Crippen LogP contribution in [0.2, 0.25) is 0 Å². The molecule has 12 nitrogen and oxygen atoms in total. The van der Waals surface area contributed by atoms with E-state index in [1.54, 1.807) is 36.7 Å². The molecule has 4 aromatic heterocycles. The molecule has 0 unspecified atom stereocenters. The van der Waals surface area contributed by atoms with Gasteiger partial charge in [-0.2, -0.15) is 9.97 Å². The first-order valence-electron chi connectivity index (χ1n) is 11.8. The number of aliphatic hydroxyl groups is 1. The first-order chi connectivity index (χ1) is 18.7. The number of nitrogens with zero attached hydrogens (tertiary/aromatic N) is 6. The number of rotatable bonds is 8. The third-order valence-electron chi connectivity index (χ3n) is 5.91. The van der Waals surface area contributed by atoms with Crippen LogP contribution in [0.15, 0.2) is 77.6 Å². The Morgan fingerprint density at radius 3 is 2.66 bits per heavy atom. The van der Waals surface area contributed by atoms with E-state index < -0.39 is 6.04 Å². The fourth-order valence-corrected chi connectivity index (χ4v) is 4.01. The number of amides is 1. The van der Waals surface area contributed by atoms with Gasteiger partial charge in [-0.25, -0.2) is 9.97 Å². The summed E-state index contributed by atoms with van der Waals surface area (Å²) in [5, 5.41) is 23.3. The first kappa shape index (κ1) is 23.2. The highest BCUT2D eigenvalue weighted by molar-refractivity contribution is 5.97. The van der Waals surface area contributed by atoms with E-state index in [2.05, 4.69) is 46.0 Å². The van der Waals surface area contributed by atoms with Crippen LogP contribution in [0.1, 0.15) is 27.7 Å². The standard InChI is InChI=1S/C26H21N9O3/c36-14-20(15-6-2-1-3-7-15)31-22-17(25-33-23(35-38-25)18-8-4-5-11-27-18)12-29-26(34-22)32-21-10-9-16-19(30-21)13-28-24(16)37/h1-12,20,36H,13-14H2,(H,28,37)(H2,29,30,31,32,34)/t20-/m1/s1. The minimum absolute atomic E-state index is 0.147. The second kappa shape index (κ2) is 10.0. The molecule has 0 saturated heterocycles. The number of fused-ring (bicyclic) bond motifs is 1. The van der Waals surface area contributed by atoms with Crippen molar-refractivity contribution in [2.75, 3.05) is 17.2 Å². The van der Waals surface area contributed by atoms with Crippen molar-refractivity contribution in [1.82, 2.24) is 35.4 Å². The maximum atomic E-state index is 11.8. The van der Waals surface area contributed by atoms with Gasteiger partial charge in [-0.05, 0) is 29.8 Å². The summed E-state index contributed by atoms with van der Waals surface area (Å²) in [6.07, 6.45) is 3.19. The van der Waals surface area contributed by atoms with E-state index in [1.165, 1.54) is 0 Å². The zero-order chi connectivity index (χ0) is 25.9. The Bertz CT molecular complexity index is 1590. The van der Waals surface area contributed by atoms with E-state index in [0.717, 1.165) is 5.56 Å². The van der Waals surface area contributed by atoms with E-state index >= 15 is 0 Å². The fraction of sp³-hybridized carbons (Fsp3) is 0.115. The molecule has 5 heterocycles. The van der Waals surface area contributed by atoms with Crippen molar-refractivity contribution in [3.05, 3.63) is 89.9 Å². The molecule has 1 aliphatic heterocycles. The van der Waals surface area contributed by atoms with Gasteiger partial charge in [-0.1, -0.05) is 41.6 Å².